The summed E-state index contributed by atoms with van der Waals surface area (Å²) >= 11 is 4.93. The van der Waals surface area contributed by atoms with Gasteiger partial charge >= 0.3 is 5.97 Å². The number of aromatic nitrogens is 2. The lowest BCUT2D eigenvalue weighted by atomic mass is 9.94. The van der Waals surface area contributed by atoms with Crippen molar-refractivity contribution in [2.24, 2.45) is 0 Å². The van der Waals surface area contributed by atoms with E-state index in [2.05, 4.69) is 36.9 Å². The van der Waals surface area contributed by atoms with Gasteiger partial charge in [-0.3, -0.25) is 9.69 Å². The first-order valence-corrected chi connectivity index (χ1v) is 13.6. The molecule has 1 aliphatic heterocycles. The molecule has 1 amide bonds. The second-order valence-corrected chi connectivity index (χ2v) is 11.8. The van der Waals surface area contributed by atoms with Crippen LogP contribution in [0.1, 0.15) is 52.7 Å². The summed E-state index contributed by atoms with van der Waals surface area (Å²) in [6, 6.07) is 17.4. The van der Waals surface area contributed by atoms with Gasteiger partial charge in [0.1, 0.15) is 11.4 Å². The maximum absolute atomic E-state index is 13.6. The van der Waals surface area contributed by atoms with Crippen molar-refractivity contribution in [2.45, 2.75) is 39.3 Å². The number of amides is 1. The molecule has 4 aromatic rings. The van der Waals surface area contributed by atoms with E-state index in [1.54, 1.807) is 11.9 Å². The van der Waals surface area contributed by atoms with Crippen LogP contribution < -0.4 is 9.80 Å². The van der Waals surface area contributed by atoms with Crippen LogP contribution in [-0.4, -0.2) is 41.0 Å². The molecule has 9 heteroatoms. The van der Waals surface area contributed by atoms with Crippen LogP contribution in [0.25, 0.3) is 10.2 Å². The number of thiazole rings is 1. The third-order valence-electron chi connectivity index (χ3n) is 6.13. The van der Waals surface area contributed by atoms with Crippen molar-refractivity contribution in [3.63, 3.8) is 0 Å². The number of nitrogens with zero attached hydrogens (tertiary/aromatic N) is 4. The first-order chi connectivity index (χ1) is 17.6. The number of pyridine rings is 1. The maximum atomic E-state index is 13.6. The van der Waals surface area contributed by atoms with Gasteiger partial charge in [-0.15, -0.1) is 0 Å². The van der Waals surface area contributed by atoms with Gasteiger partial charge in [-0.05, 0) is 84.6 Å². The predicted octanol–water partition coefficient (Wildman–Crippen LogP) is 6.25. The molecule has 2 aromatic heterocycles. The van der Waals surface area contributed by atoms with E-state index in [0.717, 1.165) is 34.3 Å². The minimum absolute atomic E-state index is 0.101. The molecule has 0 saturated heterocycles. The van der Waals surface area contributed by atoms with Crippen molar-refractivity contribution in [3.05, 3.63) is 81.5 Å². The fourth-order valence-electron chi connectivity index (χ4n) is 4.33. The zero-order chi connectivity index (χ0) is 26.3. The van der Waals surface area contributed by atoms with Gasteiger partial charge in [-0.2, -0.15) is 0 Å². The van der Waals surface area contributed by atoms with Crippen LogP contribution in [0.4, 0.5) is 10.9 Å². The van der Waals surface area contributed by atoms with Crippen LogP contribution >= 0.6 is 27.3 Å². The van der Waals surface area contributed by atoms with Gasteiger partial charge < -0.3 is 9.64 Å². The number of hydrogen-bond donors (Lipinski definition) is 0. The number of carbonyl (C=O) groups is 2. The highest BCUT2D eigenvalue weighted by Gasteiger charge is 2.27. The van der Waals surface area contributed by atoms with Crippen molar-refractivity contribution >= 4 is 60.3 Å². The highest BCUT2D eigenvalue weighted by molar-refractivity contribution is 9.10. The van der Waals surface area contributed by atoms with Gasteiger partial charge in [0.05, 0.1) is 14.7 Å². The molecule has 0 atom stereocenters. The molecule has 2 aromatic carbocycles. The average Bonchev–Trinajstić information content (AvgIpc) is 3.31. The number of hydrogen-bond acceptors (Lipinski definition) is 7. The Morgan fingerprint density at radius 2 is 1.84 bits per heavy atom. The van der Waals surface area contributed by atoms with Crippen molar-refractivity contribution < 1.29 is 14.3 Å². The molecule has 37 heavy (non-hydrogen) atoms. The molecule has 0 unspecified atom stereocenters. The molecule has 1 aliphatic rings. The van der Waals surface area contributed by atoms with Gasteiger partial charge in [0.25, 0.3) is 5.91 Å². The smallest absolute Gasteiger partial charge is 0.358 e. The molecule has 0 spiro atoms. The molecule has 0 saturated carbocycles. The number of ether oxygens (including phenoxy) is 1. The van der Waals surface area contributed by atoms with E-state index in [0.29, 0.717) is 27.5 Å². The molecule has 7 nitrogen and oxygen atoms in total. The number of fused-ring (bicyclic) bond motifs is 2. The molecule has 0 bridgehead atoms. The number of halogens is 1. The summed E-state index contributed by atoms with van der Waals surface area (Å²) in [6.45, 7) is 6.71. The predicted molar refractivity (Wildman–Crippen MR) is 151 cm³/mol. The zero-order valence-corrected chi connectivity index (χ0v) is 23.5. The van der Waals surface area contributed by atoms with Gasteiger partial charge in [0.2, 0.25) is 0 Å². The summed E-state index contributed by atoms with van der Waals surface area (Å²) in [4.78, 5) is 39.4. The lowest BCUT2D eigenvalue weighted by molar-refractivity contribution is 0.00617. The molecular formula is C28H27BrN4O3S. The average molecular weight is 580 g/mol. The van der Waals surface area contributed by atoms with Crippen LogP contribution in [0, 0.1) is 0 Å². The highest BCUT2D eigenvalue weighted by atomic mass is 79.9. The van der Waals surface area contributed by atoms with E-state index in [4.69, 9.17) is 4.74 Å². The van der Waals surface area contributed by atoms with E-state index < -0.39 is 11.6 Å². The molecule has 5 rings (SSSR count). The minimum Gasteiger partial charge on any atom is -0.455 e. The second-order valence-electron chi connectivity index (χ2n) is 9.94. The van der Waals surface area contributed by atoms with E-state index >= 15 is 0 Å². The molecular weight excluding hydrogens is 552 g/mol. The lowest BCUT2D eigenvalue weighted by Gasteiger charge is -2.32. The summed E-state index contributed by atoms with van der Waals surface area (Å²) in [5, 5.41) is 0.660. The maximum Gasteiger partial charge on any atom is 0.358 e. The van der Waals surface area contributed by atoms with Crippen LogP contribution in [0.3, 0.4) is 0 Å². The number of rotatable bonds is 4. The van der Waals surface area contributed by atoms with Crippen LogP contribution in [-0.2, 0) is 17.7 Å². The van der Waals surface area contributed by atoms with E-state index in [-0.39, 0.29) is 11.6 Å². The second kappa shape index (κ2) is 9.87. The summed E-state index contributed by atoms with van der Waals surface area (Å²) in [5.41, 5.74) is 3.25. The Kier molecular flexibility index (Phi) is 6.76. The SMILES string of the molecule is CN(C(=O)c1cccc2c1CN(c1ccc(Br)c(C(=O)OC(C)(C)C)n1)CC2)c1nc2ccccc2s1. The first-order valence-electron chi connectivity index (χ1n) is 12.0. The third-order valence-corrected chi connectivity index (χ3v) is 7.88. The van der Waals surface area contributed by atoms with Crippen molar-refractivity contribution in [1.82, 2.24) is 9.97 Å². The summed E-state index contributed by atoms with van der Waals surface area (Å²) < 4.78 is 7.16. The standard InChI is InChI=1S/C28H27BrN4O3S/c1-28(2,3)36-26(35)24-20(29)12-13-23(31-24)33-15-14-17-8-7-9-18(19(17)16-33)25(34)32(4)27-30-21-10-5-6-11-22(21)37-27/h5-13H,14-16H2,1-4H3. The number of anilines is 2. The van der Waals surface area contributed by atoms with Crippen LogP contribution in [0.2, 0.25) is 0 Å². The topological polar surface area (TPSA) is 75.6 Å². The molecule has 0 fully saturated rings. The number of para-hydroxylation sites is 1. The quantitative estimate of drug-likeness (QED) is 0.266. The Morgan fingerprint density at radius 1 is 1.05 bits per heavy atom. The van der Waals surface area contributed by atoms with Gasteiger partial charge in [-0.25, -0.2) is 14.8 Å². The molecule has 0 radical (unpaired) electrons. The number of esters is 1. The molecule has 0 aliphatic carbocycles. The molecule has 190 valence electrons. The summed E-state index contributed by atoms with van der Waals surface area (Å²) in [7, 11) is 1.77. The zero-order valence-electron chi connectivity index (χ0n) is 21.1. The van der Waals surface area contributed by atoms with Crippen LogP contribution in [0.15, 0.2) is 59.1 Å². The first kappa shape index (κ1) is 25.4. The largest absolute Gasteiger partial charge is 0.455 e. The van der Waals surface area contributed by atoms with E-state index in [1.807, 2.05) is 69.3 Å². The Balaban J connectivity index is 1.43. The van der Waals surface area contributed by atoms with Crippen molar-refractivity contribution in [1.29, 1.82) is 0 Å². The minimum atomic E-state index is -0.622. The Labute approximate surface area is 228 Å². The Bertz CT molecular complexity index is 1480. The Morgan fingerprint density at radius 3 is 2.59 bits per heavy atom. The summed E-state index contributed by atoms with van der Waals surface area (Å²) in [5.74, 6) is 0.0828. The Hall–Kier alpha value is -3.30. The fraction of sp³-hybridized carbons (Fsp3) is 0.286. The summed E-state index contributed by atoms with van der Waals surface area (Å²) in [6.07, 6.45) is 0.765. The molecule has 0 N–H and O–H groups in total. The van der Waals surface area contributed by atoms with Crippen molar-refractivity contribution in [2.75, 3.05) is 23.4 Å². The normalized spacial score (nSPS) is 13.4. The van der Waals surface area contributed by atoms with E-state index in [1.165, 1.54) is 11.3 Å². The van der Waals surface area contributed by atoms with Crippen molar-refractivity contribution in [3.8, 4) is 0 Å². The highest BCUT2D eigenvalue weighted by Crippen LogP contribution is 2.32. The van der Waals surface area contributed by atoms with E-state index in [9.17, 15) is 9.59 Å². The third kappa shape index (κ3) is 5.24. The number of benzene rings is 2. The van der Waals surface area contributed by atoms with Gasteiger partial charge in [-0.1, -0.05) is 35.6 Å². The monoisotopic (exact) mass is 578 g/mol. The van der Waals surface area contributed by atoms with Gasteiger partial charge in [0, 0.05) is 25.7 Å². The van der Waals surface area contributed by atoms with Crippen LogP contribution in [0.5, 0.6) is 0 Å². The fourth-order valence-corrected chi connectivity index (χ4v) is 5.63. The lowest BCUT2D eigenvalue weighted by Crippen LogP contribution is -2.35. The number of carbonyl (C=O) groups excluding carboxylic acids is 2. The molecule has 3 heterocycles. The van der Waals surface area contributed by atoms with Gasteiger partial charge in [0.15, 0.2) is 10.8 Å².